The van der Waals surface area contributed by atoms with E-state index < -0.39 is 11.7 Å². The van der Waals surface area contributed by atoms with E-state index >= 15 is 0 Å². The van der Waals surface area contributed by atoms with E-state index in [2.05, 4.69) is 31.3 Å². The molecule has 0 fully saturated rings. The number of benzene rings is 4. The maximum absolute atomic E-state index is 13.7. The third-order valence-electron chi connectivity index (χ3n) is 6.17. The fourth-order valence-corrected chi connectivity index (χ4v) is 4.57. The molecule has 0 atom stereocenters. The minimum absolute atomic E-state index is 0.0842. The summed E-state index contributed by atoms with van der Waals surface area (Å²) in [6.07, 6.45) is 1.52. The quantitative estimate of drug-likeness (QED) is 0.205. The van der Waals surface area contributed by atoms with E-state index in [1.54, 1.807) is 48.5 Å². The average Bonchev–Trinajstić information content (AvgIpc) is 3.40. The summed E-state index contributed by atoms with van der Waals surface area (Å²) in [6.45, 7) is -0.294. The summed E-state index contributed by atoms with van der Waals surface area (Å²) < 4.78 is 27.4. The number of carbonyl (C=O) groups excluding carboxylic acids is 1. The van der Waals surface area contributed by atoms with E-state index in [1.165, 1.54) is 29.1 Å². The van der Waals surface area contributed by atoms with E-state index in [0.717, 1.165) is 9.86 Å². The van der Waals surface area contributed by atoms with Gasteiger partial charge >= 0.3 is 0 Å². The van der Waals surface area contributed by atoms with Gasteiger partial charge in [-0.05, 0) is 78.4 Å². The highest BCUT2D eigenvalue weighted by Crippen LogP contribution is 2.29. The highest BCUT2D eigenvalue weighted by Gasteiger charge is 2.16. The van der Waals surface area contributed by atoms with Crippen molar-refractivity contribution in [3.63, 3.8) is 0 Å². The number of hydrogen-bond acceptors (Lipinski definition) is 6. The predicted molar refractivity (Wildman–Crippen MR) is 159 cm³/mol. The number of hydrogen-bond donors (Lipinski definition) is 1. The monoisotopic (exact) mass is 610 g/mol. The molecule has 0 aliphatic carbocycles. The largest absolute Gasteiger partial charge is 0.484 e. The topological polar surface area (TPSA) is 98.7 Å². The lowest BCUT2D eigenvalue weighted by atomic mass is 10.2. The van der Waals surface area contributed by atoms with Crippen LogP contribution in [0.5, 0.6) is 5.75 Å². The van der Waals surface area contributed by atoms with Crippen LogP contribution in [-0.2, 0) is 4.79 Å². The molecule has 6 rings (SSSR count). The number of aromatic nitrogens is 2. The zero-order chi connectivity index (χ0) is 28.3. The third kappa shape index (κ3) is 5.64. The molecule has 6 aromatic rings. The van der Waals surface area contributed by atoms with Gasteiger partial charge < -0.3 is 14.5 Å². The number of ether oxygens (including phenoxy) is 1. The standard InChI is InChI=1S/C31H20BrFN4O4/c32-21-11-14-27-20(15-21)16-28(41-27)30-36-25-7-3-1-5-23(25)31(39)37(30)34-17-19-9-12-22(13-10-19)40-18-29(38)35-26-8-4-2-6-24(26)33/h1-17H,18H2,(H,35,38). The van der Waals surface area contributed by atoms with E-state index in [9.17, 15) is 14.0 Å². The maximum Gasteiger partial charge on any atom is 0.282 e. The Morgan fingerprint density at radius 1 is 1.02 bits per heavy atom. The van der Waals surface area contributed by atoms with Crippen molar-refractivity contribution in [2.75, 3.05) is 11.9 Å². The molecular formula is C31H20BrFN4O4. The van der Waals surface area contributed by atoms with Crippen LogP contribution in [0.15, 0.2) is 116 Å². The molecule has 0 spiro atoms. The molecule has 0 radical (unpaired) electrons. The van der Waals surface area contributed by atoms with Crippen molar-refractivity contribution < 1.29 is 18.3 Å². The Morgan fingerprint density at radius 2 is 1.80 bits per heavy atom. The zero-order valence-corrected chi connectivity index (χ0v) is 22.8. The first-order valence-electron chi connectivity index (χ1n) is 12.5. The minimum Gasteiger partial charge on any atom is -0.484 e. The molecule has 1 amide bonds. The van der Waals surface area contributed by atoms with Gasteiger partial charge in [-0.15, -0.1) is 0 Å². The smallest absolute Gasteiger partial charge is 0.282 e. The van der Waals surface area contributed by atoms with Gasteiger partial charge in [0.2, 0.25) is 5.82 Å². The van der Waals surface area contributed by atoms with Crippen molar-refractivity contribution in [3.05, 3.63) is 123 Å². The van der Waals surface area contributed by atoms with Crippen LogP contribution in [0.3, 0.4) is 0 Å². The van der Waals surface area contributed by atoms with Crippen LogP contribution in [0.2, 0.25) is 0 Å². The van der Waals surface area contributed by atoms with Gasteiger partial charge in [0.25, 0.3) is 11.5 Å². The average molecular weight is 611 g/mol. The summed E-state index contributed by atoms with van der Waals surface area (Å²) in [4.78, 5) is 30.3. The van der Waals surface area contributed by atoms with Gasteiger partial charge in [0.1, 0.15) is 17.1 Å². The van der Waals surface area contributed by atoms with Crippen LogP contribution in [0.1, 0.15) is 5.56 Å². The Balaban J connectivity index is 1.24. The Kier molecular flexibility index (Phi) is 7.13. The Labute approximate surface area is 240 Å². The summed E-state index contributed by atoms with van der Waals surface area (Å²) in [6, 6.07) is 27.2. The fourth-order valence-electron chi connectivity index (χ4n) is 4.19. The summed E-state index contributed by atoms with van der Waals surface area (Å²) >= 11 is 3.47. The van der Waals surface area contributed by atoms with E-state index in [4.69, 9.17) is 9.15 Å². The molecule has 2 aromatic heterocycles. The molecule has 0 unspecified atom stereocenters. The molecule has 0 aliphatic heterocycles. The Hall–Kier alpha value is -5.09. The number of carbonyl (C=O) groups is 1. The van der Waals surface area contributed by atoms with Crippen LogP contribution < -0.4 is 15.6 Å². The van der Waals surface area contributed by atoms with Gasteiger partial charge in [0.15, 0.2) is 12.4 Å². The van der Waals surface area contributed by atoms with Crippen molar-refractivity contribution in [3.8, 4) is 17.3 Å². The van der Waals surface area contributed by atoms with Crippen LogP contribution in [0.4, 0.5) is 10.1 Å². The van der Waals surface area contributed by atoms with Crippen molar-refractivity contribution in [1.82, 2.24) is 9.66 Å². The summed E-state index contributed by atoms with van der Waals surface area (Å²) in [5.74, 6) is 0.0780. The number of halogens is 2. The molecule has 0 saturated heterocycles. The molecule has 41 heavy (non-hydrogen) atoms. The van der Waals surface area contributed by atoms with Gasteiger partial charge in [-0.3, -0.25) is 9.59 Å². The maximum atomic E-state index is 13.7. The van der Waals surface area contributed by atoms with Gasteiger partial charge in [-0.25, -0.2) is 9.37 Å². The number of amides is 1. The van der Waals surface area contributed by atoms with Crippen LogP contribution >= 0.6 is 15.9 Å². The molecule has 2 heterocycles. The lowest BCUT2D eigenvalue weighted by Crippen LogP contribution is -2.20. The fraction of sp³-hybridized carbons (Fsp3) is 0.0323. The summed E-state index contributed by atoms with van der Waals surface area (Å²) in [5, 5.41) is 8.20. The van der Waals surface area contributed by atoms with E-state index in [-0.39, 0.29) is 23.7 Å². The zero-order valence-electron chi connectivity index (χ0n) is 21.3. The van der Waals surface area contributed by atoms with Gasteiger partial charge in [0, 0.05) is 9.86 Å². The second-order valence-electron chi connectivity index (χ2n) is 8.99. The molecule has 202 valence electrons. The van der Waals surface area contributed by atoms with Crippen molar-refractivity contribution in [1.29, 1.82) is 0 Å². The van der Waals surface area contributed by atoms with Crippen LogP contribution in [-0.4, -0.2) is 28.4 Å². The lowest BCUT2D eigenvalue weighted by molar-refractivity contribution is -0.118. The number of rotatable bonds is 7. The molecule has 1 N–H and O–H groups in total. The molecule has 10 heteroatoms. The summed E-state index contributed by atoms with van der Waals surface area (Å²) in [5.41, 5.74) is 1.60. The van der Waals surface area contributed by atoms with Crippen LogP contribution in [0.25, 0.3) is 33.5 Å². The molecule has 8 nitrogen and oxygen atoms in total. The molecule has 0 bridgehead atoms. The number of furan rings is 1. The normalized spacial score (nSPS) is 11.4. The van der Waals surface area contributed by atoms with E-state index in [0.29, 0.717) is 33.6 Å². The first-order chi connectivity index (χ1) is 19.9. The third-order valence-corrected chi connectivity index (χ3v) is 6.67. The van der Waals surface area contributed by atoms with Crippen LogP contribution in [0, 0.1) is 5.82 Å². The Bertz CT molecular complexity index is 2000. The van der Waals surface area contributed by atoms with Gasteiger partial charge in [0.05, 0.1) is 22.8 Å². The molecule has 0 aliphatic rings. The number of anilines is 1. The number of para-hydroxylation sites is 2. The second-order valence-corrected chi connectivity index (χ2v) is 9.91. The van der Waals surface area contributed by atoms with Gasteiger partial charge in [-0.1, -0.05) is 40.2 Å². The van der Waals surface area contributed by atoms with Crippen molar-refractivity contribution in [2.45, 2.75) is 0 Å². The Morgan fingerprint density at radius 3 is 2.63 bits per heavy atom. The number of nitrogens with zero attached hydrogens (tertiary/aromatic N) is 3. The lowest BCUT2D eigenvalue weighted by Gasteiger charge is -2.08. The predicted octanol–water partition coefficient (Wildman–Crippen LogP) is 6.61. The highest BCUT2D eigenvalue weighted by atomic mass is 79.9. The first-order valence-corrected chi connectivity index (χ1v) is 13.3. The summed E-state index contributed by atoms with van der Waals surface area (Å²) in [7, 11) is 0. The van der Waals surface area contributed by atoms with Crippen molar-refractivity contribution in [2.24, 2.45) is 5.10 Å². The number of nitrogens with one attached hydrogen (secondary N) is 1. The first kappa shape index (κ1) is 26.1. The molecular weight excluding hydrogens is 591 g/mol. The van der Waals surface area contributed by atoms with Crippen molar-refractivity contribution >= 4 is 55.6 Å². The van der Waals surface area contributed by atoms with Gasteiger partial charge in [-0.2, -0.15) is 9.78 Å². The molecule has 0 saturated carbocycles. The van der Waals surface area contributed by atoms with E-state index in [1.807, 2.05) is 30.3 Å². The highest BCUT2D eigenvalue weighted by molar-refractivity contribution is 9.10. The second kappa shape index (κ2) is 11.2. The minimum atomic E-state index is -0.526. The number of fused-ring (bicyclic) bond motifs is 2. The molecule has 4 aromatic carbocycles. The SMILES string of the molecule is O=C(COc1ccc(C=Nn2c(-c3cc4cc(Br)ccc4o3)nc3ccccc3c2=O)cc1)Nc1ccccc1F.